The van der Waals surface area contributed by atoms with Crippen LogP contribution in [0.15, 0.2) is 23.4 Å². The maximum atomic E-state index is 10.6. The van der Waals surface area contributed by atoms with Gasteiger partial charge in [0.25, 0.3) is 0 Å². The Hall–Kier alpha value is -1.62. The molecule has 0 aliphatic carbocycles. The molecule has 1 N–H and O–H groups in total. The lowest BCUT2D eigenvalue weighted by Crippen LogP contribution is -2.11. The minimum Gasteiger partial charge on any atom is -0.477 e. The molecule has 15 heavy (non-hydrogen) atoms. The van der Waals surface area contributed by atoms with Gasteiger partial charge in [0.15, 0.2) is 11.8 Å². The van der Waals surface area contributed by atoms with Crippen LogP contribution in [0.1, 0.15) is 18.2 Å². The van der Waals surface area contributed by atoms with E-state index in [1.165, 1.54) is 0 Å². The summed E-state index contributed by atoms with van der Waals surface area (Å²) in [7, 11) is 0. The van der Waals surface area contributed by atoms with Gasteiger partial charge in [-0.1, -0.05) is 22.8 Å². The summed E-state index contributed by atoms with van der Waals surface area (Å²) in [5.74, 6) is -1.07. The Labute approximate surface area is 90.3 Å². The smallest absolute Gasteiger partial charge is 0.353 e. The number of rotatable bonds is 2. The molecule has 0 saturated heterocycles. The first kappa shape index (κ1) is 9.92. The number of carboxylic acids is 1. The van der Waals surface area contributed by atoms with Gasteiger partial charge in [0.2, 0.25) is 0 Å². The summed E-state index contributed by atoms with van der Waals surface area (Å²) in [6, 6.07) is 5.09. The van der Waals surface area contributed by atoms with Crippen LogP contribution in [0.4, 0.5) is 0 Å². The molecule has 0 amide bonds. The molecule has 1 atom stereocenters. The molecule has 5 nitrogen and oxygen atoms in total. The van der Waals surface area contributed by atoms with Crippen LogP contribution in [0.2, 0.25) is 5.15 Å². The lowest BCUT2D eigenvalue weighted by molar-refractivity contribution is -0.129. The Balaban J connectivity index is 2.13. The molecule has 0 aromatic carbocycles. The first-order valence-corrected chi connectivity index (χ1v) is 4.63. The summed E-state index contributed by atoms with van der Waals surface area (Å²) >= 11 is 5.70. The molecule has 1 aliphatic heterocycles. The van der Waals surface area contributed by atoms with Crippen molar-refractivity contribution in [2.45, 2.75) is 12.5 Å². The number of hydrogen-bond acceptors (Lipinski definition) is 4. The van der Waals surface area contributed by atoms with Crippen LogP contribution in [-0.4, -0.2) is 21.8 Å². The molecule has 0 bridgehead atoms. The van der Waals surface area contributed by atoms with Crippen molar-refractivity contribution in [2.24, 2.45) is 5.16 Å². The minimum absolute atomic E-state index is 0.00164. The number of carbonyl (C=O) groups is 1. The van der Waals surface area contributed by atoms with Crippen LogP contribution in [0.5, 0.6) is 0 Å². The number of pyridine rings is 1. The van der Waals surface area contributed by atoms with Crippen molar-refractivity contribution in [3.05, 3.63) is 29.0 Å². The molecule has 0 fully saturated rings. The molecule has 6 heteroatoms. The van der Waals surface area contributed by atoms with Crippen LogP contribution in [0.25, 0.3) is 0 Å². The van der Waals surface area contributed by atoms with Crippen molar-refractivity contribution in [1.29, 1.82) is 0 Å². The summed E-state index contributed by atoms with van der Waals surface area (Å²) in [6.45, 7) is 0. The Morgan fingerprint density at radius 1 is 1.60 bits per heavy atom. The van der Waals surface area contributed by atoms with Crippen LogP contribution < -0.4 is 0 Å². The van der Waals surface area contributed by atoms with E-state index < -0.39 is 12.1 Å². The average molecular weight is 227 g/mol. The van der Waals surface area contributed by atoms with Crippen molar-refractivity contribution in [3.63, 3.8) is 0 Å². The second kappa shape index (κ2) is 3.86. The number of carboxylic acid groups (broad SMARTS) is 1. The normalized spacial score (nSPS) is 19.5. The van der Waals surface area contributed by atoms with Gasteiger partial charge in [-0.05, 0) is 12.1 Å². The van der Waals surface area contributed by atoms with Crippen LogP contribution in [-0.2, 0) is 9.63 Å². The molecule has 1 aromatic rings. The molecule has 1 unspecified atom stereocenters. The summed E-state index contributed by atoms with van der Waals surface area (Å²) in [5, 5.41) is 12.5. The second-order valence-corrected chi connectivity index (χ2v) is 3.41. The van der Waals surface area contributed by atoms with Crippen LogP contribution in [0.3, 0.4) is 0 Å². The lowest BCUT2D eigenvalue weighted by atomic mass is 10.1. The fourth-order valence-corrected chi connectivity index (χ4v) is 1.44. The van der Waals surface area contributed by atoms with E-state index in [2.05, 4.69) is 10.1 Å². The zero-order chi connectivity index (χ0) is 10.8. The number of hydrogen-bond donors (Lipinski definition) is 1. The second-order valence-electron chi connectivity index (χ2n) is 3.03. The van der Waals surface area contributed by atoms with Gasteiger partial charge in [0, 0.05) is 6.42 Å². The summed E-state index contributed by atoms with van der Waals surface area (Å²) in [5.41, 5.74) is 0.587. The quantitative estimate of drug-likeness (QED) is 0.778. The number of nitrogens with zero attached hydrogens (tertiary/aromatic N) is 2. The molecule has 0 spiro atoms. The van der Waals surface area contributed by atoms with Crippen LogP contribution >= 0.6 is 11.6 Å². The van der Waals surface area contributed by atoms with E-state index in [1.54, 1.807) is 18.2 Å². The van der Waals surface area contributed by atoms with Gasteiger partial charge in [0.05, 0.1) is 5.69 Å². The Morgan fingerprint density at radius 2 is 2.40 bits per heavy atom. The number of aromatic nitrogens is 1. The van der Waals surface area contributed by atoms with Crippen LogP contribution in [0, 0.1) is 0 Å². The Kier molecular flexibility index (Phi) is 2.55. The third kappa shape index (κ3) is 2.07. The molecule has 2 heterocycles. The summed E-state index contributed by atoms with van der Waals surface area (Å²) in [6.07, 6.45) is -0.238. The maximum Gasteiger partial charge on any atom is 0.353 e. The highest BCUT2D eigenvalue weighted by Crippen LogP contribution is 2.26. The predicted molar refractivity (Wildman–Crippen MR) is 52.8 cm³/mol. The fraction of sp³-hybridized carbons (Fsp3) is 0.222. The standard InChI is InChI=1S/C9H7ClN2O3/c10-8-3-1-2-5(11-8)7-4-6(9(13)14)12-15-7/h1-3,7H,4H2,(H,13,14). The van der Waals surface area contributed by atoms with E-state index in [4.69, 9.17) is 21.5 Å². The van der Waals surface area contributed by atoms with Gasteiger partial charge in [-0.3, -0.25) is 0 Å². The molecular formula is C9H7ClN2O3. The number of aliphatic carboxylic acids is 1. The zero-order valence-corrected chi connectivity index (χ0v) is 8.31. The fourth-order valence-electron chi connectivity index (χ4n) is 1.27. The largest absolute Gasteiger partial charge is 0.477 e. The number of halogens is 1. The molecule has 0 saturated carbocycles. The van der Waals surface area contributed by atoms with Gasteiger partial charge in [0.1, 0.15) is 5.15 Å². The lowest BCUT2D eigenvalue weighted by Gasteiger charge is -2.06. The topological polar surface area (TPSA) is 71.8 Å². The summed E-state index contributed by atoms with van der Waals surface area (Å²) in [4.78, 5) is 19.6. The molecule has 1 aromatic heterocycles. The van der Waals surface area contributed by atoms with Crippen molar-refractivity contribution in [2.75, 3.05) is 0 Å². The van der Waals surface area contributed by atoms with Crippen molar-refractivity contribution >= 4 is 23.3 Å². The van der Waals surface area contributed by atoms with E-state index in [9.17, 15) is 4.79 Å². The van der Waals surface area contributed by atoms with E-state index >= 15 is 0 Å². The highest BCUT2D eigenvalue weighted by atomic mass is 35.5. The third-order valence-corrected chi connectivity index (χ3v) is 2.19. The Bertz CT molecular complexity index is 433. The van der Waals surface area contributed by atoms with E-state index in [-0.39, 0.29) is 12.1 Å². The first-order chi connectivity index (χ1) is 7.16. The third-order valence-electron chi connectivity index (χ3n) is 1.98. The van der Waals surface area contributed by atoms with Gasteiger partial charge < -0.3 is 9.94 Å². The van der Waals surface area contributed by atoms with Gasteiger partial charge in [-0.25, -0.2) is 9.78 Å². The molecular weight excluding hydrogens is 220 g/mol. The molecule has 1 aliphatic rings. The average Bonchev–Trinajstić information content (AvgIpc) is 2.66. The van der Waals surface area contributed by atoms with E-state index in [0.29, 0.717) is 10.8 Å². The van der Waals surface area contributed by atoms with E-state index in [1.807, 2.05) is 0 Å². The first-order valence-electron chi connectivity index (χ1n) is 4.25. The van der Waals surface area contributed by atoms with Crippen molar-refractivity contribution in [3.8, 4) is 0 Å². The molecule has 78 valence electrons. The highest BCUT2D eigenvalue weighted by molar-refractivity contribution is 6.35. The Morgan fingerprint density at radius 3 is 3.00 bits per heavy atom. The zero-order valence-electron chi connectivity index (χ0n) is 7.55. The monoisotopic (exact) mass is 226 g/mol. The SMILES string of the molecule is O=C(O)C1=NOC(c2cccc(Cl)n2)C1. The van der Waals surface area contributed by atoms with Gasteiger partial charge in [-0.15, -0.1) is 0 Å². The maximum absolute atomic E-state index is 10.6. The molecule has 2 rings (SSSR count). The summed E-state index contributed by atoms with van der Waals surface area (Å²) < 4.78 is 0. The molecule has 0 radical (unpaired) electrons. The van der Waals surface area contributed by atoms with E-state index in [0.717, 1.165) is 0 Å². The highest BCUT2D eigenvalue weighted by Gasteiger charge is 2.27. The number of oxime groups is 1. The minimum atomic E-state index is -1.07. The van der Waals surface area contributed by atoms with Gasteiger partial charge in [-0.2, -0.15) is 0 Å². The predicted octanol–water partition coefficient (Wildman–Crippen LogP) is 1.64. The van der Waals surface area contributed by atoms with Crippen molar-refractivity contribution < 1.29 is 14.7 Å². The van der Waals surface area contributed by atoms with Crippen molar-refractivity contribution in [1.82, 2.24) is 4.98 Å². The van der Waals surface area contributed by atoms with Gasteiger partial charge >= 0.3 is 5.97 Å².